The fourth-order valence-corrected chi connectivity index (χ4v) is 4.93. The smallest absolute Gasteiger partial charge is 0.262 e. The number of hydrogen-bond acceptors (Lipinski definition) is 4. The number of thiophene rings is 1. The summed E-state index contributed by atoms with van der Waals surface area (Å²) in [7, 11) is 0. The Morgan fingerprint density at radius 3 is 2.82 bits per heavy atom. The van der Waals surface area contributed by atoms with Gasteiger partial charge >= 0.3 is 0 Å². The molecule has 1 aromatic carbocycles. The highest BCUT2D eigenvalue weighted by molar-refractivity contribution is 7.18. The Bertz CT molecular complexity index is 1070. The lowest BCUT2D eigenvalue weighted by atomic mass is 9.97. The highest BCUT2D eigenvalue weighted by atomic mass is 32.1. The van der Waals surface area contributed by atoms with Crippen LogP contribution < -0.4 is 10.9 Å². The van der Waals surface area contributed by atoms with Gasteiger partial charge in [-0.05, 0) is 55.9 Å². The van der Waals surface area contributed by atoms with E-state index >= 15 is 0 Å². The standard InChI is InChI=1S/C21H22FN3O2S/c1-13(14-6-8-15(22)9-7-14)24-18(26)10-11-25-12-23-20-19(21(25)27)16-4-2-3-5-17(16)28-20/h6-9,12-13H,2-5,10-11H2,1H3,(H,24,26)/t13-/m0/s1. The van der Waals surface area contributed by atoms with Crippen LogP contribution in [0.4, 0.5) is 4.39 Å². The first-order chi connectivity index (χ1) is 13.5. The Hall–Kier alpha value is -2.54. The van der Waals surface area contributed by atoms with Crippen LogP contribution in [0.15, 0.2) is 35.4 Å². The molecule has 2 aromatic heterocycles. The molecule has 3 aromatic rings. The van der Waals surface area contributed by atoms with Gasteiger partial charge in [0.2, 0.25) is 5.91 Å². The van der Waals surface area contributed by atoms with Crippen LogP contribution in [0.3, 0.4) is 0 Å². The summed E-state index contributed by atoms with van der Waals surface area (Å²) in [5.74, 6) is -0.462. The van der Waals surface area contributed by atoms with Gasteiger partial charge in [0.05, 0.1) is 17.8 Å². The minimum atomic E-state index is -0.305. The highest BCUT2D eigenvalue weighted by Gasteiger charge is 2.20. The molecule has 0 unspecified atom stereocenters. The minimum absolute atomic E-state index is 0.0521. The molecule has 28 heavy (non-hydrogen) atoms. The number of carbonyl (C=O) groups is 1. The first kappa shape index (κ1) is 18.8. The largest absolute Gasteiger partial charge is 0.350 e. The third kappa shape index (κ3) is 3.71. The molecule has 1 amide bonds. The van der Waals surface area contributed by atoms with Crippen LogP contribution in [-0.4, -0.2) is 15.5 Å². The third-order valence-corrected chi connectivity index (χ3v) is 6.47. The number of carbonyl (C=O) groups excluding carboxylic acids is 1. The van der Waals surface area contributed by atoms with Crippen molar-refractivity contribution in [3.05, 3.63) is 62.8 Å². The Balaban J connectivity index is 1.45. The maximum Gasteiger partial charge on any atom is 0.262 e. The lowest BCUT2D eigenvalue weighted by Crippen LogP contribution is -2.29. The zero-order valence-corrected chi connectivity index (χ0v) is 16.5. The summed E-state index contributed by atoms with van der Waals surface area (Å²) in [6.07, 6.45) is 5.97. The molecule has 1 N–H and O–H groups in total. The number of amides is 1. The average molecular weight is 399 g/mol. The highest BCUT2D eigenvalue weighted by Crippen LogP contribution is 2.33. The molecule has 1 aliphatic rings. The third-order valence-electron chi connectivity index (χ3n) is 5.27. The van der Waals surface area contributed by atoms with E-state index in [2.05, 4.69) is 10.3 Å². The van der Waals surface area contributed by atoms with Crippen LogP contribution in [0.2, 0.25) is 0 Å². The topological polar surface area (TPSA) is 64.0 Å². The van der Waals surface area contributed by atoms with Gasteiger partial charge in [-0.15, -0.1) is 11.3 Å². The SMILES string of the molecule is C[C@H](NC(=O)CCn1cnc2sc3c(c2c1=O)CCCC3)c1ccc(F)cc1. The van der Waals surface area contributed by atoms with Crippen LogP contribution in [0.5, 0.6) is 0 Å². The fraction of sp³-hybridized carbons (Fsp3) is 0.381. The zero-order chi connectivity index (χ0) is 19.7. The zero-order valence-electron chi connectivity index (χ0n) is 15.7. The molecule has 1 atom stereocenters. The van der Waals surface area contributed by atoms with Gasteiger partial charge in [0.15, 0.2) is 0 Å². The summed E-state index contributed by atoms with van der Waals surface area (Å²) in [5, 5.41) is 3.63. The van der Waals surface area contributed by atoms with Crippen molar-refractivity contribution in [2.24, 2.45) is 0 Å². The van der Waals surface area contributed by atoms with Gasteiger partial charge in [0, 0.05) is 17.8 Å². The van der Waals surface area contributed by atoms with Crippen LogP contribution in [0.25, 0.3) is 10.2 Å². The molecular weight excluding hydrogens is 377 g/mol. The van der Waals surface area contributed by atoms with Gasteiger partial charge in [-0.25, -0.2) is 9.37 Å². The van der Waals surface area contributed by atoms with Crippen molar-refractivity contribution in [3.63, 3.8) is 0 Å². The van der Waals surface area contributed by atoms with Crippen LogP contribution in [0, 0.1) is 5.82 Å². The summed E-state index contributed by atoms with van der Waals surface area (Å²) in [4.78, 5) is 31.8. The van der Waals surface area contributed by atoms with Crippen molar-refractivity contribution in [1.82, 2.24) is 14.9 Å². The maximum atomic E-state index is 13.0. The normalized spacial score (nSPS) is 14.6. The van der Waals surface area contributed by atoms with Crippen molar-refractivity contribution in [2.45, 2.75) is 51.6 Å². The van der Waals surface area contributed by atoms with E-state index in [1.165, 1.54) is 28.0 Å². The first-order valence-electron chi connectivity index (χ1n) is 9.57. The number of fused-ring (bicyclic) bond motifs is 3. The van der Waals surface area contributed by atoms with Gasteiger partial charge in [-0.1, -0.05) is 12.1 Å². The predicted molar refractivity (Wildman–Crippen MR) is 108 cm³/mol. The Morgan fingerprint density at radius 2 is 2.04 bits per heavy atom. The Labute approximate surface area is 166 Å². The number of nitrogens with one attached hydrogen (secondary N) is 1. The van der Waals surface area contributed by atoms with E-state index in [9.17, 15) is 14.0 Å². The van der Waals surface area contributed by atoms with E-state index in [1.807, 2.05) is 6.92 Å². The van der Waals surface area contributed by atoms with E-state index in [1.54, 1.807) is 29.8 Å². The molecule has 1 aliphatic carbocycles. The lowest BCUT2D eigenvalue weighted by molar-refractivity contribution is -0.121. The quantitative estimate of drug-likeness (QED) is 0.711. The van der Waals surface area contributed by atoms with Crippen molar-refractivity contribution < 1.29 is 9.18 Å². The monoisotopic (exact) mass is 399 g/mol. The lowest BCUT2D eigenvalue weighted by Gasteiger charge is -2.15. The number of halogens is 1. The van der Waals surface area contributed by atoms with Gasteiger partial charge < -0.3 is 5.32 Å². The van der Waals surface area contributed by atoms with Crippen molar-refractivity contribution >= 4 is 27.5 Å². The maximum absolute atomic E-state index is 13.0. The number of rotatable bonds is 5. The summed E-state index contributed by atoms with van der Waals surface area (Å²) >= 11 is 1.62. The first-order valence-corrected chi connectivity index (χ1v) is 10.4. The second-order valence-corrected chi connectivity index (χ2v) is 8.31. The number of nitrogens with zero attached hydrogens (tertiary/aromatic N) is 2. The molecule has 0 fully saturated rings. The fourth-order valence-electron chi connectivity index (χ4n) is 3.71. The molecule has 146 valence electrons. The molecule has 0 saturated heterocycles. The molecule has 0 bridgehead atoms. The Morgan fingerprint density at radius 1 is 1.29 bits per heavy atom. The van der Waals surface area contributed by atoms with Gasteiger partial charge in [0.25, 0.3) is 5.56 Å². The number of benzene rings is 1. The number of aryl methyl sites for hydroxylation is 3. The van der Waals surface area contributed by atoms with E-state index < -0.39 is 0 Å². The molecule has 0 radical (unpaired) electrons. The van der Waals surface area contributed by atoms with E-state index in [0.717, 1.165) is 40.6 Å². The van der Waals surface area contributed by atoms with Gasteiger partial charge in [-0.3, -0.25) is 14.2 Å². The molecule has 2 heterocycles. The molecule has 7 heteroatoms. The van der Waals surface area contributed by atoms with E-state index in [4.69, 9.17) is 0 Å². The van der Waals surface area contributed by atoms with Gasteiger partial charge in [-0.2, -0.15) is 0 Å². The van der Waals surface area contributed by atoms with Crippen LogP contribution in [0.1, 0.15) is 48.2 Å². The number of hydrogen-bond donors (Lipinski definition) is 1. The predicted octanol–water partition coefficient (Wildman–Crippen LogP) is 3.74. The molecule has 5 nitrogen and oxygen atoms in total. The minimum Gasteiger partial charge on any atom is -0.350 e. The van der Waals surface area contributed by atoms with E-state index in [-0.39, 0.29) is 36.3 Å². The van der Waals surface area contributed by atoms with Crippen LogP contribution >= 0.6 is 11.3 Å². The summed E-state index contributed by atoms with van der Waals surface area (Å²) < 4.78 is 14.6. The molecular formula is C21H22FN3O2S. The molecule has 0 saturated carbocycles. The second-order valence-electron chi connectivity index (χ2n) is 7.22. The second kappa shape index (κ2) is 7.83. The molecule has 0 spiro atoms. The Kier molecular flexibility index (Phi) is 5.26. The van der Waals surface area contributed by atoms with E-state index in [0.29, 0.717) is 0 Å². The average Bonchev–Trinajstić information content (AvgIpc) is 3.07. The van der Waals surface area contributed by atoms with Crippen molar-refractivity contribution in [1.29, 1.82) is 0 Å². The van der Waals surface area contributed by atoms with Crippen molar-refractivity contribution in [3.8, 4) is 0 Å². The molecule has 0 aliphatic heterocycles. The molecule has 4 rings (SSSR count). The summed E-state index contributed by atoms with van der Waals surface area (Å²) in [6, 6.07) is 5.83. The van der Waals surface area contributed by atoms with Gasteiger partial charge in [0.1, 0.15) is 10.6 Å². The number of aromatic nitrogens is 2. The van der Waals surface area contributed by atoms with Crippen molar-refractivity contribution in [2.75, 3.05) is 0 Å². The summed E-state index contributed by atoms with van der Waals surface area (Å²) in [6.45, 7) is 2.14. The summed E-state index contributed by atoms with van der Waals surface area (Å²) in [5.41, 5.74) is 1.94. The van der Waals surface area contributed by atoms with Crippen LogP contribution in [-0.2, 0) is 24.2 Å².